The van der Waals surface area contributed by atoms with Gasteiger partial charge in [0.15, 0.2) is 11.5 Å². The van der Waals surface area contributed by atoms with Gasteiger partial charge in [-0.15, -0.1) is 0 Å². The minimum Gasteiger partial charge on any atom is -0.345 e. The molecule has 254 valence electrons. The van der Waals surface area contributed by atoms with Crippen molar-refractivity contribution >= 4 is 29.3 Å². The lowest BCUT2D eigenvalue weighted by Crippen LogP contribution is -2.52. The fourth-order valence-corrected chi connectivity index (χ4v) is 6.30. The Hall–Kier alpha value is -4.70. The van der Waals surface area contributed by atoms with E-state index in [1.807, 2.05) is 4.90 Å². The molecule has 13 nitrogen and oxygen atoms in total. The van der Waals surface area contributed by atoms with E-state index in [1.165, 1.54) is 0 Å². The summed E-state index contributed by atoms with van der Waals surface area (Å²) >= 11 is 6.49. The van der Waals surface area contributed by atoms with Gasteiger partial charge in [-0.1, -0.05) is 17.7 Å². The number of carbonyl (C=O) groups excluding carboxylic acids is 3. The Morgan fingerprint density at radius 3 is 2.50 bits per heavy atom. The molecule has 0 spiro atoms. The van der Waals surface area contributed by atoms with E-state index in [9.17, 15) is 27.6 Å². The molecule has 0 saturated carbocycles. The SMILES string of the molecule is O=C(NCc1ccc(C(=O)N2CCN(C(=O)C3CCNCC3)CC2)c(Cl)c1)c1ncc(-c2c(C(F)(F)F)n[nH]c2CCn2cccn2)[nH]1. The van der Waals surface area contributed by atoms with Gasteiger partial charge < -0.3 is 25.4 Å². The smallest absolute Gasteiger partial charge is 0.345 e. The lowest BCUT2D eigenvalue weighted by Gasteiger charge is -2.37. The standard InChI is InChI=1S/C31H34ClF3N10O3/c32-22-16-19(2-3-21(22)30(48)44-14-12-43(13-15-44)29(47)20-4-8-36-9-5-20)17-38-28(46)27-37-18-24(40-27)25-23(6-11-45-10-1-7-39-45)41-42-26(25)31(33,34)35/h1-3,7,10,16,18,20,36H,4-6,8-9,11-15,17H2,(H,37,40)(H,38,46)(H,41,42). The maximum atomic E-state index is 13.8. The van der Waals surface area contributed by atoms with E-state index >= 15 is 0 Å². The number of aryl methyl sites for hydroxylation is 2. The van der Waals surface area contributed by atoms with Crippen LogP contribution in [0.2, 0.25) is 5.02 Å². The van der Waals surface area contributed by atoms with Crippen LogP contribution in [-0.4, -0.2) is 96.7 Å². The van der Waals surface area contributed by atoms with Crippen molar-refractivity contribution in [1.29, 1.82) is 0 Å². The predicted octanol–water partition coefficient (Wildman–Crippen LogP) is 3.13. The van der Waals surface area contributed by atoms with Crippen LogP contribution in [0.3, 0.4) is 0 Å². The molecule has 3 aromatic heterocycles. The van der Waals surface area contributed by atoms with Crippen LogP contribution >= 0.6 is 11.6 Å². The fourth-order valence-electron chi connectivity index (χ4n) is 6.01. The largest absolute Gasteiger partial charge is 0.435 e. The number of carbonyl (C=O) groups is 3. The molecule has 0 unspecified atom stereocenters. The van der Waals surface area contributed by atoms with E-state index in [2.05, 4.69) is 35.9 Å². The van der Waals surface area contributed by atoms with Crippen molar-refractivity contribution in [3.8, 4) is 11.3 Å². The summed E-state index contributed by atoms with van der Waals surface area (Å²) < 4.78 is 43.0. The number of hydrogen-bond acceptors (Lipinski definition) is 7. The molecule has 17 heteroatoms. The van der Waals surface area contributed by atoms with Crippen LogP contribution in [0, 0.1) is 5.92 Å². The summed E-state index contributed by atoms with van der Waals surface area (Å²) in [5, 5.41) is 16.2. The predicted molar refractivity (Wildman–Crippen MR) is 168 cm³/mol. The molecule has 3 amide bonds. The fraction of sp³-hybridized carbons (Fsp3) is 0.419. The van der Waals surface area contributed by atoms with E-state index in [0.29, 0.717) is 43.9 Å². The van der Waals surface area contributed by atoms with Gasteiger partial charge in [-0.05, 0) is 49.7 Å². The zero-order chi connectivity index (χ0) is 33.8. The van der Waals surface area contributed by atoms with Crippen molar-refractivity contribution in [3.63, 3.8) is 0 Å². The van der Waals surface area contributed by atoms with Gasteiger partial charge in [-0.25, -0.2) is 4.98 Å². The Kier molecular flexibility index (Phi) is 9.82. The quantitative estimate of drug-likeness (QED) is 0.211. The highest BCUT2D eigenvalue weighted by molar-refractivity contribution is 6.33. The third-order valence-corrected chi connectivity index (χ3v) is 8.92. The summed E-state index contributed by atoms with van der Waals surface area (Å²) in [7, 11) is 0. The van der Waals surface area contributed by atoms with Gasteiger partial charge in [-0.2, -0.15) is 23.4 Å². The molecular weight excluding hydrogens is 653 g/mol. The second-order valence-electron chi connectivity index (χ2n) is 11.7. The van der Waals surface area contributed by atoms with E-state index in [4.69, 9.17) is 11.6 Å². The maximum Gasteiger partial charge on any atom is 0.435 e. The van der Waals surface area contributed by atoms with Crippen molar-refractivity contribution in [1.82, 2.24) is 50.4 Å². The van der Waals surface area contributed by atoms with Gasteiger partial charge in [0.25, 0.3) is 11.8 Å². The molecule has 0 radical (unpaired) electrons. The van der Waals surface area contributed by atoms with Crippen LogP contribution in [0.25, 0.3) is 11.3 Å². The Bertz CT molecular complexity index is 1760. The first-order valence-corrected chi connectivity index (χ1v) is 16.0. The number of amides is 3. The summed E-state index contributed by atoms with van der Waals surface area (Å²) in [4.78, 5) is 49.2. The number of nitrogens with zero attached hydrogens (tertiary/aromatic N) is 6. The summed E-state index contributed by atoms with van der Waals surface area (Å²) in [6.07, 6.45) is 1.51. The van der Waals surface area contributed by atoms with Crippen LogP contribution in [0.1, 0.15) is 50.8 Å². The number of halogens is 4. The van der Waals surface area contributed by atoms with E-state index < -0.39 is 17.8 Å². The maximum absolute atomic E-state index is 13.8. The number of alkyl halides is 3. The molecule has 0 atom stereocenters. The number of rotatable bonds is 9. The molecule has 4 aromatic rings. The van der Waals surface area contributed by atoms with Crippen molar-refractivity contribution in [2.75, 3.05) is 39.3 Å². The number of aromatic amines is 2. The van der Waals surface area contributed by atoms with Crippen molar-refractivity contribution in [3.05, 3.63) is 76.2 Å². The van der Waals surface area contributed by atoms with Crippen molar-refractivity contribution in [2.24, 2.45) is 5.92 Å². The van der Waals surface area contributed by atoms with E-state index in [0.717, 1.165) is 32.1 Å². The van der Waals surface area contributed by atoms with Crippen molar-refractivity contribution < 1.29 is 27.6 Å². The molecule has 5 heterocycles. The summed E-state index contributed by atoms with van der Waals surface area (Å²) in [5.41, 5.74) is -0.230. The lowest BCUT2D eigenvalue weighted by atomic mass is 9.96. The third kappa shape index (κ3) is 7.39. The molecule has 2 fully saturated rings. The molecule has 1 aromatic carbocycles. The Morgan fingerprint density at radius 1 is 1.06 bits per heavy atom. The zero-order valence-electron chi connectivity index (χ0n) is 25.8. The number of piperidine rings is 1. The molecule has 0 aliphatic carbocycles. The second-order valence-corrected chi connectivity index (χ2v) is 12.1. The van der Waals surface area contributed by atoms with E-state index in [-0.39, 0.29) is 58.5 Å². The number of hydrogen-bond donors (Lipinski definition) is 4. The van der Waals surface area contributed by atoms with E-state index in [1.54, 1.807) is 46.2 Å². The summed E-state index contributed by atoms with van der Waals surface area (Å²) in [6.45, 7) is 3.76. The first-order chi connectivity index (χ1) is 23.1. The average Bonchev–Trinajstić information content (AvgIpc) is 3.87. The number of H-pyrrole nitrogens is 2. The van der Waals surface area contributed by atoms with Gasteiger partial charge in [0.05, 0.1) is 28.0 Å². The van der Waals surface area contributed by atoms with Gasteiger partial charge in [-0.3, -0.25) is 24.2 Å². The molecule has 2 saturated heterocycles. The Labute approximate surface area is 278 Å². The number of aromatic nitrogens is 6. The normalized spacial score (nSPS) is 15.9. The topological polar surface area (TPSA) is 157 Å². The van der Waals surface area contributed by atoms with Gasteiger partial charge >= 0.3 is 6.18 Å². The van der Waals surface area contributed by atoms with Crippen molar-refractivity contribution in [2.45, 2.75) is 38.5 Å². The highest BCUT2D eigenvalue weighted by Crippen LogP contribution is 2.37. The zero-order valence-corrected chi connectivity index (χ0v) is 26.6. The first-order valence-electron chi connectivity index (χ1n) is 15.6. The van der Waals surface area contributed by atoms with Gasteiger partial charge in [0.2, 0.25) is 5.91 Å². The first kappa shape index (κ1) is 33.2. The number of benzene rings is 1. The van der Waals surface area contributed by atoms with Gasteiger partial charge in [0.1, 0.15) is 0 Å². The molecule has 2 aliphatic heterocycles. The highest BCUT2D eigenvalue weighted by Gasteiger charge is 2.39. The van der Waals surface area contributed by atoms with Crippen LogP contribution in [0.5, 0.6) is 0 Å². The molecular formula is C31H34ClF3N10O3. The molecule has 2 aliphatic rings. The average molecular weight is 687 g/mol. The minimum atomic E-state index is -4.74. The Morgan fingerprint density at radius 2 is 1.81 bits per heavy atom. The van der Waals surface area contributed by atoms with Crippen LogP contribution < -0.4 is 10.6 Å². The monoisotopic (exact) mass is 686 g/mol. The number of imidazole rings is 1. The number of nitrogens with one attached hydrogen (secondary N) is 4. The van der Waals surface area contributed by atoms with Crippen LogP contribution in [0.4, 0.5) is 13.2 Å². The second kappa shape index (κ2) is 14.2. The van der Waals surface area contributed by atoms with Crippen LogP contribution in [0.15, 0.2) is 42.9 Å². The molecule has 48 heavy (non-hydrogen) atoms. The molecule has 4 N–H and O–H groups in total. The highest BCUT2D eigenvalue weighted by atomic mass is 35.5. The van der Waals surface area contributed by atoms with Crippen LogP contribution in [-0.2, 0) is 30.5 Å². The van der Waals surface area contributed by atoms with Gasteiger partial charge in [0, 0.05) is 69.7 Å². The molecule has 0 bridgehead atoms. The Balaban J connectivity index is 1.05. The summed E-state index contributed by atoms with van der Waals surface area (Å²) in [6, 6.07) is 6.54. The summed E-state index contributed by atoms with van der Waals surface area (Å²) in [5.74, 6) is -0.898. The lowest BCUT2D eigenvalue weighted by molar-refractivity contribution is -0.140. The molecule has 6 rings (SSSR count). The number of piperazine rings is 1. The minimum absolute atomic E-state index is 0.0147. The third-order valence-electron chi connectivity index (χ3n) is 8.60.